The molecule has 1 aromatic rings. The summed E-state index contributed by atoms with van der Waals surface area (Å²) >= 11 is 1.39. The lowest BCUT2D eigenvalue weighted by Crippen LogP contribution is -2.32. The number of hydrogen-bond acceptors (Lipinski definition) is 4. The summed E-state index contributed by atoms with van der Waals surface area (Å²) in [7, 11) is 1.35. The third kappa shape index (κ3) is 5.38. The topological polar surface area (TPSA) is 46.6 Å². The molecule has 0 saturated heterocycles. The predicted molar refractivity (Wildman–Crippen MR) is 82.9 cm³/mol. The number of hydrogen-bond donors (Lipinski definition) is 0. The van der Waals surface area contributed by atoms with Crippen molar-refractivity contribution in [2.75, 3.05) is 30.1 Å². The van der Waals surface area contributed by atoms with Crippen LogP contribution in [0.25, 0.3) is 0 Å². The SMILES string of the molecule is CCN(C(=O)CSCC(C)C(=O)OC)c1ccc(F)cc1. The maximum atomic E-state index is 12.9. The van der Waals surface area contributed by atoms with Crippen molar-refractivity contribution in [2.45, 2.75) is 13.8 Å². The first-order valence-electron chi connectivity index (χ1n) is 6.71. The van der Waals surface area contributed by atoms with Gasteiger partial charge in [0, 0.05) is 18.0 Å². The van der Waals surface area contributed by atoms with E-state index in [-0.39, 0.29) is 29.4 Å². The molecular formula is C15H20FNO3S. The van der Waals surface area contributed by atoms with E-state index in [4.69, 9.17) is 0 Å². The molecule has 1 atom stereocenters. The van der Waals surface area contributed by atoms with Crippen molar-refractivity contribution < 1.29 is 18.7 Å². The van der Waals surface area contributed by atoms with Crippen LogP contribution in [0.1, 0.15) is 13.8 Å². The Kier molecular flexibility index (Phi) is 7.22. The lowest BCUT2D eigenvalue weighted by atomic mass is 10.2. The third-order valence-corrected chi connectivity index (χ3v) is 4.14. The molecule has 0 saturated carbocycles. The first-order valence-corrected chi connectivity index (χ1v) is 7.86. The number of nitrogens with zero attached hydrogens (tertiary/aromatic N) is 1. The first kappa shape index (κ1) is 17.5. The van der Waals surface area contributed by atoms with Crippen LogP contribution in [-0.4, -0.2) is 37.0 Å². The average Bonchev–Trinajstić information content (AvgIpc) is 2.48. The van der Waals surface area contributed by atoms with E-state index < -0.39 is 0 Å². The van der Waals surface area contributed by atoms with Crippen LogP contribution >= 0.6 is 11.8 Å². The molecule has 0 heterocycles. The van der Waals surface area contributed by atoms with E-state index in [0.717, 1.165) is 0 Å². The Balaban J connectivity index is 2.52. The molecule has 0 radical (unpaired) electrons. The number of carbonyl (C=O) groups is 2. The summed E-state index contributed by atoms with van der Waals surface area (Å²) in [5, 5.41) is 0. The number of halogens is 1. The highest BCUT2D eigenvalue weighted by atomic mass is 32.2. The number of thioether (sulfide) groups is 1. The molecule has 4 nitrogen and oxygen atoms in total. The van der Waals surface area contributed by atoms with Gasteiger partial charge in [-0.1, -0.05) is 6.92 Å². The highest BCUT2D eigenvalue weighted by Gasteiger charge is 2.17. The molecule has 0 aliphatic rings. The van der Waals surface area contributed by atoms with Gasteiger partial charge in [0.05, 0.1) is 18.8 Å². The molecule has 0 N–H and O–H groups in total. The first-order chi connectivity index (χ1) is 9.99. The fourth-order valence-electron chi connectivity index (χ4n) is 1.79. The average molecular weight is 313 g/mol. The number of benzene rings is 1. The molecule has 0 aliphatic carbocycles. The van der Waals surface area contributed by atoms with E-state index in [1.165, 1.54) is 31.0 Å². The normalized spacial score (nSPS) is 11.8. The second kappa shape index (κ2) is 8.67. The van der Waals surface area contributed by atoms with Crippen molar-refractivity contribution in [3.8, 4) is 0 Å². The maximum absolute atomic E-state index is 12.9. The maximum Gasteiger partial charge on any atom is 0.309 e. The Morgan fingerprint density at radius 3 is 2.48 bits per heavy atom. The van der Waals surface area contributed by atoms with E-state index in [2.05, 4.69) is 4.74 Å². The minimum absolute atomic E-state index is 0.0637. The van der Waals surface area contributed by atoms with E-state index in [9.17, 15) is 14.0 Å². The van der Waals surface area contributed by atoms with Crippen molar-refractivity contribution in [1.29, 1.82) is 0 Å². The van der Waals surface area contributed by atoms with Crippen molar-refractivity contribution in [1.82, 2.24) is 0 Å². The molecule has 1 rings (SSSR count). The van der Waals surface area contributed by atoms with E-state index in [1.807, 2.05) is 6.92 Å². The Morgan fingerprint density at radius 1 is 1.33 bits per heavy atom. The van der Waals surface area contributed by atoms with Gasteiger partial charge in [0.1, 0.15) is 5.82 Å². The van der Waals surface area contributed by atoms with Crippen LogP contribution in [0.15, 0.2) is 24.3 Å². The number of anilines is 1. The Bertz CT molecular complexity index is 478. The number of carbonyl (C=O) groups excluding carboxylic acids is 2. The van der Waals surface area contributed by atoms with Crippen molar-refractivity contribution in [3.63, 3.8) is 0 Å². The summed E-state index contributed by atoms with van der Waals surface area (Å²) < 4.78 is 17.5. The second-order valence-electron chi connectivity index (χ2n) is 4.55. The molecule has 0 spiro atoms. The van der Waals surface area contributed by atoms with Crippen LogP contribution in [0, 0.1) is 11.7 Å². The Morgan fingerprint density at radius 2 is 1.95 bits per heavy atom. The molecule has 0 aromatic heterocycles. The lowest BCUT2D eigenvalue weighted by molar-refractivity contribution is -0.144. The Hall–Kier alpha value is -1.56. The summed E-state index contributed by atoms with van der Waals surface area (Å²) in [5.74, 6) is -0.115. The quantitative estimate of drug-likeness (QED) is 0.726. The molecule has 0 fully saturated rings. The van der Waals surface area contributed by atoms with Gasteiger partial charge in [-0.15, -0.1) is 0 Å². The molecule has 21 heavy (non-hydrogen) atoms. The minimum atomic E-state index is -0.330. The summed E-state index contributed by atoms with van der Waals surface area (Å²) in [4.78, 5) is 25.0. The fraction of sp³-hybridized carbons (Fsp3) is 0.467. The smallest absolute Gasteiger partial charge is 0.309 e. The minimum Gasteiger partial charge on any atom is -0.469 e. The van der Waals surface area contributed by atoms with Crippen LogP contribution in [0.4, 0.5) is 10.1 Å². The standard InChI is InChI=1S/C15H20FNO3S/c1-4-17(13-7-5-12(16)6-8-13)14(18)10-21-9-11(2)15(19)20-3/h5-8,11H,4,9-10H2,1-3H3. The fourth-order valence-corrected chi connectivity index (χ4v) is 2.73. The number of methoxy groups -OCH3 is 1. The molecule has 116 valence electrons. The molecule has 6 heteroatoms. The third-order valence-electron chi connectivity index (χ3n) is 2.95. The molecular weight excluding hydrogens is 293 g/mol. The monoisotopic (exact) mass is 313 g/mol. The van der Waals surface area contributed by atoms with Crippen molar-refractivity contribution in [3.05, 3.63) is 30.1 Å². The van der Waals surface area contributed by atoms with Gasteiger partial charge in [0.15, 0.2) is 0 Å². The molecule has 0 aliphatic heterocycles. The van der Waals surface area contributed by atoms with Crippen LogP contribution < -0.4 is 4.90 Å². The Labute approximate surface area is 128 Å². The molecule has 0 bridgehead atoms. The summed E-state index contributed by atoms with van der Waals surface area (Å²) in [5.41, 5.74) is 0.672. The van der Waals surface area contributed by atoms with Gasteiger partial charge < -0.3 is 9.64 Å². The van der Waals surface area contributed by atoms with Crippen LogP contribution in [-0.2, 0) is 14.3 Å². The van der Waals surface area contributed by atoms with Crippen molar-refractivity contribution >= 4 is 29.3 Å². The van der Waals surface area contributed by atoms with Crippen LogP contribution in [0.5, 0.6) is 0 Å². The van der Waals surface area contributed by atoms with Gasteiger partial charge in [0.2, 0.25) is 5.91 Å². The highest BCUT2D eigenvalue weighted by Crippen LogP contribution is 2.17. The van der Waals surface area contributed by atoms with Crippen LogP contribution in [0.2, 0.25) is 0 Å². The number of rotatable bonds is 7. The lowest BCUT2D eigenvalue weighted by Gasteiger charge is -2.21. The van der Waals surface area contributed by atoms with Gasteiger partial charge in [-0.3, -0.25) is 9.59 Å². The van der Waals surface area contributed by atoms with E-state index in [0.29, 0.717) is 18.0 Å². The van der Waals surface area contributed by atoms with Crippen molar-refractivity contribution in [2.24, 2.45) is 5.92 Å². The summed E-state index contributed by atoms with van der Waals surface area (Å²) in [6.07, 6.45) is 0. The molecule has 1 unspecified atom stereocenters. The predicted octanol–water partition coefficient (Wildman–Crippen LogP) is 2.72. The highest BCUT2D eigenvalue weighted by molar-refractivity contribution is 8.00. The number of ether oxygens (including phenoxy) is 1. The zero-order valence-electron chi connectivity index (χ0n) is 12.5. The van der Waals surface area contributed by atoms with Gasteiger partial charge in [-0.25, -0.2) is 4.39 Å². The van der Waals surface area contributed by atoms with Gasteiger partial charge >= 0.3 is 5.97 Å². The number of amides is 1. The largest absolute Gasteiger partial charge is 0.469 e. The summed E-state index contributed by atoms with van der Waals surface area (Å²) in [6.45, 7) is 4.14. The second-order valence-corrected chi connectivity index (χ2v) is 5.58. The van der Waals surface area contributed by atoms with Gasteiger partial charge in [0.25, 0.3) is 0 Å². The van der Waals surface area contributed by atoms with Crippen LogP contribution in [0.3, 0.4) is 0 Å². The van der Waals surface area contributed by atoms with E-state index in [1.54, 1.807) is 24.0 Å². The summed E-state index contributed by atoms with van der Waals surface area (Å²) in [6, 6.07) is 5.83. The zero-order chi connectivity index (χ0) is 15.8. The van der Waals surface area contributed by atoms with Gasteiger partial charge in [-0.05, 0) is 31.2 Å². The van der Waals surface area contributed by atoms with Gasteiger partial charge in [-0.2, -0.15) is 11.8 Å². The zero-order valence-corrected chi connectivity index (χ0v) is 13.3. The molecule has 1 aromatic carbocycles. The van der Waals surface area contributed by atoms with E-state index >= 15 is 0 Å². The number of esters is 1. The molecule has 1 amide bonds.